The van der Waals surface area contributed by atoms with Crippen molar-refractivity contribution in [2.75, 3.05) is 18.9 Å². The second kappa shape index (κ2) is 8.06. The third-order valence-electron chi connectivity index (χ3n) is 3.51. The molecule has 6 heteroatoms. The van der Waals surface area contributed by atoms with E-state index in [9.17, 15) is 9.18 Å². The Morgan fingerprint density at radius 3 is 2.71 bits per heavy atom. The molecule has 1 amide bonds. The molecule has 24 heavy (non-hydrogen) atoms. The van der Waals surface area contributed by atoms with E-state index in [2.05, 4.69) is 5.32 Å². The van der Waals surface area contributed by atoms with Crippen LogP contribution >= 0.6 is 11.8 Å². The Morgan fingerprint density at radius 1 is 1.17 bits per heavy atom. The van der Waals surface area contributed by atoms with Gasteiger partial charge in [-0.1, -0.05) is 12.1 Å². The minimum absolute atomic E-state index is 0.0351. The van der Waals surface area contributed by atoms with Crippen molar-refractivity contribution in [3.8, 4) is 11.5 Å². The highest BCUT2D eigenvalue weighted by molar-refractivity contribution is 7.99. The average molecular weight is 347 g/mol. The maximum atomic E-state index is 12.8. The zero-order valence-electron chi connectivity index (χ0n) is 13.0. The lowest BCUT2D eigenvalue weighted by Gasteiger charge is -2.26. The van der Waals surface area contributed by atoms with Crippen molar-refractivity contribution in [1.29, 1.82) is 0 Å². The number of halogens is 1. The molecule has 0 fully saturated rings. The summed E-state index contributed by atoms with van der Waals surface area (Å²) in [4.78, 5) is 12.8. The molecule has 1 unspecified atom stereocenters. The summed E-state index contributed by atoms with van der Waals surface area (Å²) in [5, 5.41) is 2.86. The third kappa shape index (κ3) is 4.64. The normalized spacial score (nSPS) is 15.8. The Labute approximate surface area is 144 Å². The van der Waals surface area contributed by atoms with Gasteiger partial charge in [-0.15, -0.1) is 11.8 Å². The van der Waals surface area contributed by atoms with Crippen molar-refractivity contribution in [2.24, 2.45) is 0 Å². The van der Waals surface area contributed by atoms with E-state index in [1.165, 1.54) is 23.9 Å². The van der Waals surface area contributed by atoms with Crippen LogP contribution in [0.1, 0.15) is 6.42 Å². The SMILES string of the molecule is O=C(CCSc1ccc(F)cc1)NCC1COc2ccccc2O1. The van der Waals surface area contributed by atoms with Gasteiger partial charge in [0.05, 0.1) is 6.54 Å². The standard InChI is InChI=1S/C18H18FNO3S/c19-13-5-7-15(8-6-13)24-10-9-18(21)20-11-14-12-22-16-3-1-2-4-17(16)23-14/h1-8,14H,9-12H2,(H,20,21). The van der Waals surface area contributed by atoms with E-state index in [4.69, 9.17) is 9.47 Å². The molecule has 4 nitrogen and oxygen atoms in total. The number of hydrogen-bond acceptors (Lipinski definition) is 4. The van der Waals surface area contributed by atoms with Crippen molar-refractivity contribution in [1.82, 2.24) is 5.32 Å². The first-order valence-electron chi connectivity index (χ1n) is 7.74. The number of hydrogen-bond donors (Lipinski definition) is 1. The first kappa shape index (κ1) is 16.6. The van der Waals surface area contributed by atoms with Crippen LogP contribution in [-0.4, -0.2) is 30.9 Å². The van der Waals surface area contributed by atoms with Gasteiger partial charge in [-0.3, -0.25) is 4.79 Å². The van der Waals surface area contributed by atoms with Crippen LogP contribution in [0.25, 0.3) is 0 Å². The van der Waals surface area contributed by atoms with Gasteiger partial charge in [0.1, 0.15) is 18.5 Å². The quantitative estimate of drug-likeness (QED) is 0.815. The fourth-order valence-corrected chi connectivity index (χ4v) is 3.12. The second-order valence-corrected chi connectivity index (χ2v) is 6.52. The molecule has 0 aliphatic carbocycles. The summed E-state index contributed by atoms with van der Waals surface area (Å²) in [6, 6.07) is 13.7. The second-order valence-electron chi connectivity index (χ2n) is 5.35. The topological polar surface area (TPSA) is 47.6 Å². The van der Waals surface area contributed by atoms with Crippen molar-refractivity contribution in [3.63, 3.8) is 0 Å². The predicted molar refractivity (Wildman–Crippen MR) is 91.1 cm³/mol. The summed E-state index contributed by atoms with van der Waals surface area (Å²) < 4.78 is 24.2. The van der Waals surface area contributed by atoms with Crippen molar-refractivity contribution >= 4 is 17.7 Å². The van der Waals surface area contributed by atoms with Gasteiger partial charge in [0.25, 0.3) is 0 Å². The largest absolute Gasteiger partial charge is 0.486 e. The zero-order chi connectivity index (χ0) is 16.8. The van der Waals surface area contributed by atoms with E-state index in [1.807, 2.05) is 24.3 Å². The number of fused-ring (bicyclic) bond motifs is 1. The van der Waals surface area contributed by atoms with Crippen LogP contribution in [0.4, 0.5) is 4.39 Å². The Balaban J connectivity index is 1.36. The molecule has 0 spiro atoms. The lowest BCUT2D eigenvalue weighted by Crippen LogP contribution is -2.40. The molecule has 1 aliphatic rings. The molecule has 0 bridgehead atoms. The molecule has 2 aromatic carbocycles. The number of thioether (sulfide) groups is 1. The Kier molecular flexibility index (Phi) is 5.59. The Bertz CT molecular complexity index is 693. The molecule has 0 aromatic heterocycles. The highest BCUT2D eigenvalue weighted by atomic mass is 32.2. The molecular weight excluding hydrogens is 329 g/mol. The predicted octanol–water partition coefficient (Wildman–Crippen LogP) is 3.26. The zero-order valence-corrected chi connectivity index (χ0v) is 13.9. The highest BCUT2D eigenvalue weighted by Gasteiger charge is 2.20. The maximum Gasteiger partial charge on any atom is 0.220 e. The summed E-state index contributed by atoms with van der Waals surface area (Å²) in [5.41, 5.74) is 0. The molecule has 0 saturated carbocycles. The van der Waals surface area contributed by atoms with Gasteiger partial charge in [-0.25, -0.2) is 4.39 Å². The van der Waals surface area contributed by atoms with Gasteiger partial charge >= 0.3 is 0 Å². The van der Waals surface area contributed by atoms with E-state index < -0.39 is 0 Å². The summed E-state index contributed by atoms with van der Waals surface area (Å²) in [6.07, 6.45) is 0.209. The van der Waals surface area contributed by atoms with Gasteiger partial charge < -0.3 is 14.8 Å². The van der Waals surface area contributed by atoms with Crippen molar-refractivity contribution in [2.45, 2.75) is 17.4 Å². The maximum absolute atomic E-state index is 12.8. The lowest BCUT2D eigenvalue weighted by molar-refractivity contribution is -0.121. The van der Waals surface area contributed by atoms with Crippen LogP contribution in [0.5, 0.6) is 11.5 Å². The van der Waals surface area contributed by atoms with Crippen LogP contribution < -0.4 is 14.8 Å². The van der Waals surface area contributed by atoms with E-state index in [0.717, 1.165) is 10.6 Å². The van der Waals surface area contributed by atoms with Crippen LogP contribution in [0.3, 0.4) is 0 Å². The van der Waals surface area contributed by atoms with E-state index >= 15 is 0 Å². The smallest absolute Gasteiger partial charge is 0.220 e. The van der Waals surface area contributed by atoms with E-state index in [0.29, 0.717) is 31.1 Å². The molecule has 2 aromatic rings. The highest BCUT2D eigenvalue weighted by Crippen LogP contribution is 2.30. The van der Waals surface area contributed by atoms with Gasteiger partial charge in [0, 0.05) is 17.1 Å². The number of benzene rings is 2. The fraction of sp³-hybridized carbons (Fsp3) is 0.278. The minimum Gasteiger partial charge on any atom is -0.486 e. The minimum atomic E-state index is -0.256. The molecule has 1 aliphatic heterocycles. The molecule has 1 atom stereocenters. The summed E-state index contributed by atoms with van der Waals surface area (Å²) in [7, 11) is 0. The number of nitrogens with one attached hydrogen (secondary N) is 1. The molecule has 126 valence electrons. The fourth-order valence-electron chi connectivity index (χ4n) is 2.27. The summed E-state index contributed by atoms with van der Waals surface area (Å²) in [5.74, 6) is 1.79. The number of para-hydroxylation sites is 2. The van der Waals surface area contributed by atoms with Crippen LogP contribution in [0.15, 0.2) is 53.4 Å². The number of carbonyl (C=O) groups excluding carboxylic acids is 1. The first-order chi connectivity index (χ1) is 11.7. The lowest BCUT2D eigenvalue weighted by atomic mass is 10.2. The van der Waals surface area contributed by atoms with Gasteiger partial charge in [-0.05, 0) is 36.4 Å². The van der Waals surface area contributed by atoms with Gasteiger partial charge in [-0.2, -0.15) is 0 Å². The summed E-state index contributed by atoms with van der Waals surface area (Å²) >= 11 is 1.53. The number of carbonyl (C=O) groups is 1. The monoisotopic (exact) mass is 347 g/mol. The Morgan fingerprint density at radius 2 is 1.92 bits per heavy atom. The molecule has 3 rings (SSSR count). The Hall–Kier alpha value is -2.21. The molecule has 0 saturated heterocycles. The van der Waals surface area contributed by atoms with E-state index in [-0.39, 0.29) is 17.8 Å². The van der Waals surface area contributed by atoms with E-state index in [1.54, 1.807) is 12.1 Å². The molecule has 1 N–H and O–H groups in total. The van der Waals surface area contributed by atoms with Crippen LogP contribution in [-0.2, 0) is 4.79 Å². The van der Waals surface area contributed by atoms with Crippen LogP contribution in [0, 0.1) is 5.82 Å². The van der Waals surface area contributed by atoms with Crippen molar-refractivity contribution in [3.05, 3.63) is 54.3 Å². The van der Waals surface area contributed by atoms with Crippen molar-refractivity contribution < 1.29 is 18.7 Å². The molecular formula is C18H18FNO3S. The van der Waals surface area contributed by atoms with Gasteiger partial charge in [0.2, 0.25) is 5.91 Å². The number of ether oxygens (including phenoxy) is 2. The number of amides is 1. The molecule has 0 radical (unpaired) electrons. The third-order valence-corrected chi connectivity index (χ3v) is 4.52. The first-order valence-corrected chi connectivity index (χ1v) is 8.73. The van der Waals surface area contributed by atoms with Gasteiger partial charge in [0.15, 0.2) is 11.5 Å². The summed E-state index contributed by atoms with van der Waals surface area (Å²) in [6.45, 7) is 0.829. The van der Waals surface area contributed by atoms with Crippen LogP contribution in [0.2, 0.25) is 0 Å². The number of rotatable bonds is 6. The molecule has 1 heterocycles. The average Bonchev–Trinajstić information content (AvgIpc) is 2.61.